The molecule has 1 amide bonds. The van der Waals surface area contributed by atoms with Gasteiger partial charge in [-0.25, -0.2) is 4.79 Å². The van der Waals surface area contributed by atoms with Crippen molar-refractivity contribution >= 4 is 23.5 Å². The number of benzene rings is 1. The number of carbonyl (C=O) groups excluding carboxylic acids is 1. The van der Waals surface area contributed by atoms with E-state index in [-0.39, 0.29) is 17.6 Å². The minimum Gasteiger partial charge on any atom is -0.475 e. The van der Waals surface area contributed by atoms with E-state index in [0.717, 1.165) is 37.8 Å². The molecule has 2 saturated heterocycles. The van der Waals surface area contributed by atoms with Gasteiger partial charge < -0.3 is 24.4 Å². The Morgan fingerprint density at radius 3 is 2.50 bits per heavy atom. The highest BCUT2D eigenvalue weighted by molar-refractivity contribution is 6.30. The fourth-order valence-corrected chi connectivity index (χ4v) is 4.76. The smallest absolute Gasteiger partial charge is 0.475 e. The minimum atomic E-state index is -5.08. The van der Waals surface area contributed by atoms with Crippen molar-refractivity contribution in [3.8, 4) is 0 Å². The molecule has 7 nitrogen and oxygen atoms in total. The molecule has 34 heavy (non-hydrogen) atoms. The monoisotopic (exact) mass is 506 g/mol. The zero-order valence-electron chi connectivity index (χ0n) is 19.2. The standard InChI is InChI=1S/C21H29ClN2O3.C2HF3O2/c1-23(2)13-18-6-7-20(27-18)14-24(10-11-26-15-20)19(25)21(8-9-21)16-4-3-5-17(22)12-16;3-2(4,5)1(6)7/h3-5,12,18H,6-11,13-15H2,1-2H3;(H,6,7). The van der Waals surface area contributed by atoms with Gasteiger partial charge in [0.25, 0.3) is 0 Å². The van der Waals surface area contributed by atoms with Gasteiger partial charge >= 0.3 is 12.1 Å². The molecule has 2 heterocycles. The van der Waals surface area contributed by atoms with Crippen molar-refractivity contribution in [2.75, 3.05) is 46.9 Å². The van der Waals surface area contributed by atoms with Crippen LogP contribution in [0.5, 0.6) is 0 Å². The Morgan fingerprint density at radius 1 is 1.26 bits per heavy atom. The third-order valence-corrected chi connectivity index (χ3v) is 6.56. The highest BCUT2D eigenvalue weighted by Gasteiger charge is 2.55. The molecule has 1 aromatic rings. The fourth-order valence-electron chi connectivity index (χ4n) is 4.57. The lowest BCUT2D eigenvalue weighted by atomic mass is 9.93. The molecule has 1 aromatic carbocycles. The van der Waals surface area contributed by atoms with E-state index >= 15 is 0 Å². The first kappa shape index (κ1) is 26.7. The van der Waals surface area contributed by atoms with E-state index in [1.54, 1.807) is 0 Å². The minimum absolute atomic E-state index is 0.203. The molecule has 190 valence electrons. The van der Waals surface area contributed by atoms with E-state index < -0.39 is 17.6 Å². The quantitative estimate of drug-likeness (QED) is 0.675. The molecule has 2 atom stereocenters. The summed E-state index contributed by atoms with van der Waals surface area (Å²) in [6.07, 6.45) is -1.13. The number of nitrogens with zero attached hydrogens (tertiary/aromatic N) is 2. The molecular formula is C23H30ClF3N2O5. The number of rotatable bonds is 4. The van der Waals surface area contributed by atoms with Crippen molar-refractivity contribution in [2.45, 2.75) is 49.0 Å². The number of carboxylic acids is 1. The average Bonchev–Trinajstić information content (AvgIpc) is 3.50. The van der Waals surface area contributed by atoms with Crippen molar-refractivity contribution in [1.82, 2.24) is 9.80 Å². The Kier molecular flexibility index (Phi) is 8.17. The maximum absolute atomic E-state index is 13.5. The van der Waals surface area contributed by atoms with Crippen molar-refractivity contribution in [2.24, 2.45) is 0 Å². The lowest BCUT2D eigenvalue weighted by Crippen LogP contribution is -2.49. The lowest BCUT2D eigenvalue weighted by Gasteiger charge is -2.34. The molecule has 4 rings (SSSR count). The molecule has 1 aliphatic carbocycles. The first-order valence-corrected chi connectivity index (χ1v) is 11.5. The maximum Gasteiger partial charge on any atom is 0.490 e. The SMILES string of the molecule is CN(C)CC1CCC2(COCCN(C(=O)C3(c4cccc(Cl)c4)CC3)C2)O1.O=C(O)C(F)(F)F. The number of amides is 1. The molecule has 3 fully saturated rings. The van der Waals surface area contributed by atoms with E-state index in [0.29, 0.717) is 31.3 Å². The summed E-state index contributed by atoms with van der Waals surface area (Å²) in [6, 6.07) is 7.76. The van der Waals surface area contributed by atoms with Gasteiger partial charge in [-0.2, -0.15) is 13.2 Å². The van der Waals surface area contributed by atoms with Crippen LogP contribution in [0, 0.1) is 0 Å². The molecule has 1 spiro atoms. The normalized spacial score (nSPS) is 26.1. The Balaban J connectivity index is 0.000000406. The molecule has 1 saturated carbocycles. The van der Waals surface area contributed by atoms with Crippen molar-refractivity contribution in [3.05, 3.63) is 34.9 Å². The third-order valence-electron chi connectivity index (χ3n) is 6.32. The second kappa shape index (κ2) is 10.4. The first-order valence-electron chi connectivity index (χ1n) is 11.1. The third kappa shape index (κ3) is 6.41. The summed E-state index contributed by atoms with van der Waals surface area (Å²) in [5.74, 6) is -2.55. The van der Waals surface area contributed by atoms with Crippen molar-refractivity contribution < 1.29 is 37.3 Å². The second-order valence-corrected chi connectivity index (χ2v) is 9.83. The van der Waals surface area contributed by atoms with Crippen LogP contribution in [-0.2, 0) is 24.5 Å². The molecule has 0 radical (unpaired) electrons. The van der Waals surface area contributed by atoms with E-state index in [2.05, 4.69) is 19.0 Å². The molecule has 2 unspecified atom stereocenters. The predicted octanol–water partition coefficient (Wildman–Crippen LogP) is 3.34. The van der Waals surface area contributed by atoms with E-state index in [4.69, 9.17) is 31.0 Å². The van der Waals surface area contributed by atoms with Gasteiger partial charge in [0.15, 0.2) is 0 Å². The van der Waals surface area contributed by atoms with Crippen LogP contribution in [0.15, 0.2) is 24.3 Å². The number of aliphatic carboxylic acids is 1. The maximum atomic E-state index is 13.5. The number of likely N-dealkylation sites (N-methyl/N-ethyl adjacent to an activating group) is 1. The van der Waals surface area contributed by atoms with Gasteiger partial charge in [-0.05, 0) is 57.5 Å². The lowest BCUT2D eigenvalue weighted by molar-refractivity contribution is -0.192. The van der Waals surface area contributed by atoms with Gasteiger partial charge in [-0.1, -0.05) is 23.7 Å². The number of carboxylic acid groups (broad SMARTS) is 1. The van der Waals surface area contributed by atoms with Crippen LogP contribution >= 0.6 is 11.6 Å². The molecule has 11 heteroatoms. The molecule has 1 N–H and O–H groups in total. The molecule has 0 aromatic heterocycles. The summed E-state index contributed by atoms with van der Waals surface area (Å²) < 4.78 is 44.0. The summed E-state index contributed by atoms with van der Waals surface area (Å²) in [5.41, 5.74) is 0.270. The predicted molar refractivity (Wildman–Crippen MR) is 119 cm³/mol. The van der Waals surface area contributed by atoms with Gasteiger partial charge in [-0.15, -0.1) is 0 Å². The zero-order chi connectivity index (χ0) is 25.1. The summed E-state index contributed by atoms with van der Waals surface area (Å²) in [7, 11) is 4.13. The van der Waals surface area contributed by atoms with E-state index in [1.807, 2.05) is 29.2 Å². The molecule has 3 aliphatic rings. The van der Waals surface area contributed by atoms with Gasteiger partial charge in [0.1, 0.15) is 5.60 Å². The van der Waals surface area contributed by atoms with Crippen LogP contribution in [0.3, 0.4) is 0 Å². The zero-order valence-corrected chi connectivity index (χ0v) is 20.0. The Hall–Kier alpha value is -1.88. The number of alkyl halides is 3. The van der Waals surface area contributed by atoms with Gasteiger partial charge in [0, 0.05) is 18.1 Å². The second-order valence-electron chi connectivity index (χ2n) is 9.40. The molecular weight excluding hydrogens is 477 g/mol. The first-order chi connectivity index (χ1) is 15.9. The Labute approximate surface area is 201 Å². The number of ether oxygens (including phenoxy) is 2. The molecule has 0 bridgehead atoms. The van der Waals surface area contributed by atoms with Gasteiger partial charge in [0.2, 0.25) is 5.91 Å². The van der Waals surface area contributed by atoms with Crippen LogP contribution < -0.4 is 0 Å². The summed E-state index contributed by atoms with van der Waals surface area (Å²) >= 11 is 6.18. The van der Waals surface area contributed by atoms with Crippen molar-refractivity contribution in [3.63, 3.8) is 0 Å². The van der Waals surface area contributed by atoms with Crippen LogP contribution in [0.4, 0.5) is 13.2 Å². The molecule has 2 aliphatic heterocycles. The van der Waals surface area contributed by atoms with E-state index in [9.17, 15) is 18.0 Å². The van der Waals surface area contributed by atoms with E-state index in [1.165, 1.54) is 0 Å². The topological polar surface area (TPSA) is 79.3 Å². The Morgan fingerprint density at radius 2 is 1.94 bits per heavy atom. The van der Waals surface area contributed by atoms with Crippen LogP contribution in [0.2, 0.25) is 5.02 Å². The largest absolute Gasteiger partial charge is 0.490 e. The fraction of sp³-hybridized carbons (Fsp3) is 0.652. The number of halogens is 4. The number of hydrogen-bond donors (Lipinski definition) is 1. The highest BCUT2D eigenvalue weighted by Crippen LogP contribution is 2.50. The number of hydrogen-bond acceptors (Lipinski definition) is 5. The summed E-state index contributed by atoms with van der Waals surface area (Å²) in [6.45, 7) is 3.30. The van der Waals surface area contributed by atoms with Crippen LogP contribution in [-0.4, -0.2) is 91.6 Å². The highest BCUT2D eigenvalue weighted by atomic mass is 35.5. The van der Waals surface area contributed by atoms with Crippen LogP contribution in [0.25, 0.3) is 0 Å². The van der Waals surface area contributed by atoms with Gasteiger partial charge in [0.05, 0.1) is 31.3 Å². The number of carbonyl (C=O) groups is 2. The average molecular weight is 507 g/mol. The Bertz CT molecular complexity index is 894. The summed E-state index contributed by atoms with van der Waals surface area (Å²) in [5, 5.41) is 7.81. The van der Waals surface area contributed by atoms with Crippen molar-refractivity contribution in [1.29, 1.82) is 0 Å². The van der Waals surface area contributed by atoms with Crippen LogP contribution in [0.1, 0.15) is 31.2 Å². The summed E-state index contributed by atoms with van der Waals surface area (Å²) in [4.78, 5) is 26.5. The van der Waals surface area contributed by atoms with Gasteiger partial charge in [-0.3, -0.25) is 4.79 Å².